The van der Waals surface area contributed by atoms with Crippen LogP contribution in [0.15, 0.2) is 23.3 Å². The van der Waals surface area contributed by atoms with E-state index in [4.69, 9.17) is 0 Å². The van der Waals surface area contributed by atoms with Crippen LogP contribution in [0, 0.1) is 5.41 Å². The second-order valence-electron chi connectivity index (χ2n) is 3.68. The van der Waals surface area contributed by atoms with Crippen molar-refractivity contribution < 1.29 is 4.79 Å². The van der Waals surface area contributed by atoms with E-state index in [1.165, 1.54) is 0 Å². The van der Waals surface area contributed by atoms with Crippen molar-refractivity contribution in [3.05, 3.63) is 23.3 Å². The molecule has 0 aromatic heterocycles. The van der Waals surface area contributed by atoms with Crippen molar-refractivity contribution in [3.8, 4) is 0 Å². The Labute approximate surface area is 67.8 Å². The van der Waals surface area contributed by atoms with Crippen molar-refractivity contribution in [1.29, 1.82) is 0 Å². The third kappa shape index (κ3) is 0.873. The fourth-order valence-electron chi connectivity index (χ4n) is 1.47. The average Bonchev–Trinajstić information content (AvgIpc) is 2.06. The number of rotatable bonds is 0. The van der Waals surface area contributed by atoms with Crippen molar-refractivity contribution in [2.75, 3.05) is 0 Å². The minimum absolute atomic E-state index is 0.222. The molecule has 0 bridgehead atoms. The number of ketones is 1. The lowest BCUT2D eigenvalue weighted by atomic mass is 9.84. The Hall–Kier alpha value is -0.850. The van der Waals surface area contributed by atoms with Crippen LogP contribution < -0.4 is 0 Å². The van der Waals surface area contributed by atoms with Crippen LogP contribution in [0.25, 0.3) is 0 Å². The van der Waals surface area contributed by atoms with E-state index >= 15 is 0 Å². The van der Waals surface area contributed by atoms with Gasteiger partial charge in [-0.15, -0.1) is 0 Å². The van der Waals surface area contributed by atoms with Crippen molar-refractivity contribution in [2.45, 2.75) is 27.7 Å². The minimum Gasteiger partial charge on any atom is -0.294 e. The molecule has 0 aromatic carbocycles. The maximum Gasteiger partial charge on any atom is 0.168 e. The van der Waals surface area contributed by atoms with Gasteiger partial charge in [-0.05, 0) is 44.4 Å². The third-order valence-electron chi connectivity index (χ3n) is 2.68. The van der Waals surface area contributed by atoms with E-state index in [-0.39, 0.29) is 11.2 Å². The summed E-state index contributed by atoms with van der Waals surface area (Å²) in [5.41, 5.74) is 2.56. The van der Waals surface area contributed by atoms with E-state index in [9.17, 15) is 4.79 Å². The predicted molar refractivity (Wildman–Crippen MR) is 46.3 cm³/mol. The van der Waals surface area contributed by atoms with Crippen molar-refractivity contribution >= 4 is 5.78 Å². The highest BCUT2D eigenvalue weighted by atomic mass is 16.1. The van der Waals surface area contributed by atoms with Gasteiger partial charge >= 0.3 is 0 Å². The number of hydrogen-bond acceptors (Lipinski definition) is 1. The number of hydrogen-bond donors (Lipinski definition) is 0. The molecule has 0 aliphatic heterocycles. The predicted octanol–water partition coefficient (Wildman–Crippen LogP) is 2.49. The summed E-state index contributed by atoms with van der Waals surface area (Å²) in [6.07, 6.45) is 0. The lowest BCUT2D eigenvalue weighted by molar-refractivity contribution is -0.120. The Morgan fingerprint density at radius 1 is 1.18 bits per heavy atom. The van der Waals surface area contributed by atoms with Gasteiger partial charge in [0.15, 0.2) is 5.78 Å². The Morgan fingerprint density at radius 3 is 1.73 bits per heavy atom. The summed E-state index contributed by atoms with van der Waals surface area (Å²) in [6.45, 7) is 11.6. The summed E-state index contributed by atoms with van der Waals surface area (Å²) in [5.74, 6) is 0.222. The molecule has 11 heavy (non-hydrogen) atoms. The molecule has 0 heterocycles. The Kier molecular flexibility index (Phi) is 1.55. The molecule has 0 atom stereocenters. The minimum atomic E-state index is -0.353. The van der Waals surface area contributed by atoms with E-state index in [1.807, 2.05) is 27.7 Å². The molecule has 1 aliphatic rings. The lowest BCUT2D eigenvalue weighted by Gasteiger charge is -2.17. The maximum atomic E-state index is 11.5. The largest absolute Gasteiger partial charge is 0.294 e. The van der Waals surface area contributed by atoms with Crippen LogP contribution in [0.1, 0.15) is 27.7 Å². The molecule has 1 heteroatoms. The van der Waals surface area contributed by atoms with Gasteiger partial charge in [0, 0.05) is 0 Å². The van der Waals surface area contributed by atoms with Crippen molar-refractivity contribution in [1.82, 2.24) is 0 Å². The normalized spacial score (nSPS) is 23.3. The van der Waals surface area contributed by atoms with Gasteiger partial charge in [0.1, 0.15) is 0 Å². The fraction of sp³-hybridized carbons (Fsp3) is 0.500. The van der Waals surface area contributed by atoms with Gasteiger partial charge in [0.05, 0.1) is 5.41 Å². The first-order valence-electron chi connectivity index (χ1n) is 3.81. The molecule has 1 aliphatic carbocycles. The van der Waals surface area contributed by atoms with Crippen LogP contribution in [0.2, 0.25) is 0 Å². The third-order valence-corrected chi connectivity index (χ3v) is 2.68. The molecule has 0 saturated heterocycles. The van der Waals surface area contributed by atoms with Crippen molar-refractivity contribution in [3.63, 3.8) is 0 Å². The summed E-state index contributed by atoms with van der Waals surface area (Å²) in [5, 5.41) is 0. The molecule has 0 aromatic rings. The van der Waals surface area contributed by atoms with E-state index in [2.05, 4.69) is 6.58 Å². The fourth-order valence-corrected chi connectivity index (χ4v) is 1.47. The first kappa shape index (κ1) is 8.25. The van der Waals surface area contributed by atoms with Gasteiger partial charge < -0.3 is 0 Å². The van der Waals surface area contributed by atoms with Crippen LogP contribution in [0.3, 0.4) is 0 Å². The van der Waals surface area contributed by atoms with Crippen LogP contribution in [-0.2, 0) is 4.79 Å². The molecule has 0 saturated carbocycles. The SMILES string of the molecule is C=C1C(C)=C(C)C(=O)C1(C)C. The first-order valence-corrected chi connectivity index (χ1v) is 3.81. The van der Waals surface area contributed by atoms with Gasteiger partial charge in [0.25, 0.3) is 0 Å². The zero-order chi connectivity index (χ0) is 8.81. The molecule has 0 fully saturated rings. The van der Waals surface area contributed by atoms with Crippen molar-refractivity contribution in [2.24, 2.45) is 5.41 Å². The lowest BCUT2D eigenvalue weighted by Crippen LogP contribution is -2.20. The molecular formula is C10H14O. The highest BCUT2D eigenvalue weighted by Gasteiger charge is 2.38. The van der Waals surface area contributed by atoms with E-state index in [0.717, 1.165) is 16.7 Å². The molecular weight excluding hydrogens is 136 g/mol. The second kappa shape index (κ2) is 2.07. The van der Waals surface area contributed by atoms with Crippen LogP contribution in [0.4, 0.5) is 0 Å². The number of Topliss-reactive ketones (excluding diaryl/α,β-unsaturated/α-hetero) is 1. The first-order chi connectivity index (χ1) is 4.89. The Morgan fingerprint density at radius 2 is 1.64 bits per heavy atom. The summed E-state index contributed by atoms with van der Waals surface area (Å²) in [7, 11) is 0. The molecule has 0 N–H and O–H groups in total. The molecule has 1 rings (SSSR count). The van der Waals surface area contributed by atoms with Crippen LogP contribution in [0.5, 0.6) is 0 Å². The highest BCUT2D eigenvalue weighted by molar-refractivity contribution is 6.06. The summed E-state index contributed by atoms with van der Waals surface area (Å²) < 4.78 is 0. The quantitative estimate of drug-likeness (QED) is 0.518. The maximum absolute atomic E-state index is 11.5. The van der Waals surface area contributed by atoms with E-state index < -0.39 is 0 Å². The molecule has 0 unspecified atom stereocenters. The smallest absolute Gasteiger partial charge is 0.168 e. The summed E-state index contributed by atoms with van der Waals surface area (Å²) >= 11 is 0. The number of allylic oxidation sites excluding steroid dienone is 3. The topological polar surface area (TPSA) is 17.1 Å². The molecule has 0 spiro atoms. The standard InChI is InChI=1S/C10H14O/c1-6-7(2)9(11)10(4,5)8(6)3/h3H2,1-2,4-5H3. The van der Waals surface area contributed by atoms with Crippen LogP contribution >= 0.6 is 0 Å². The van der Waals surface area contributed by atoms with Gasteiger partial charge in [0.2, 0.25) is 0 Å². The summed E-state index contributed by atoms with van der Waals surface area (Å²) in [4.78, 5) is 11.5. The zero-order valence-corrected chi connectivity index (χ0v) is 7.62. The zero-order valence-electron chi connectivity index (χ0n) is 7.62. The van der Waals surface area contributed by atoms with Gasteiger partial charge in [-0.25, -0.2) is 0 Å². The Balaban J connectivity index is 3.24. The Bertz CT molecular complexity index is 241. The number of carbonyl (C=O) groups excluding carboxylic acids is 1. The molecule has 0 radical (unpaired) electrons. The van der Waals surface area contributed by atoms with E-state index in [0.29, 0.717) is 0 Å². The van der Waals surface area contributed by atoms with Crippen LogP contribution in [-0.4, -0.2) is 5.78 Å². The average molecular weight is 150 g/mol. The summed E-state index contributed by atoms with van der Waals surface area (Å²) in [6, 6.07) is 0. The van der Waals surface area contributed by atoms with E-state index in [1.54, 1.807) is 0 Å². The second-order valence-corrected chi connectivity index (χ2v) is 3.68. The van der Waals surface area contributed by atoms with Gasteiger partial charge in [-0.2, -0.15) is 0 Å². The van der Waals surface area contributed by atoms with Gasteiger partial charge in [-0.3, -0.25) is 4.79 Å². The molecule has 60 valence electrons. The van der Waals surface area contributed by atoms with Gasteiger partial charge in [-0.1, -0.05) is 6.58 Å². The molecule has 1 nitrogen and oxygen atoms in total. The molecule has 0 amide bonds. The highest BCUT2D eigenvalue weighted by Crippen LogP contribution is 2.41. The monoisotopic (exact) mass is 150 g/mol. The number of carbonyl (C=O) groups is 1.